The molecule has 1 N–H and O–H groups in total. The first-order valence-corrected chi connectivity index (χ1v) is 5.50. The van der Waals surface area contributed by atoms with E-state index < -0.39 is 0 Å². The lowest BCUT2D eigenvalue weighted by molar-refractivity contribution is 0.102. The smallest absolute Gasteiger partial charge is 0.256 e. The highest BCUT2D eigenvalue weighted by Gasteiger charge is 2.07. The van der Waals surface area contributed by atoms with Gasteiger partial charge in [-0.25, -0.2) is 4.98 Å². The van der Waals surface area contributed by atoms with Gasteiger partial charge in [-0.3, -0.25) is 4.79 Å². The van der Waals surface area contributed by atoms with Crippen LogP contribution in [0.4, 0.5) is 5.82 Å². The van der Waals surface area contributed by atoms with Crippen LogP contribution >= 0.6 is 11.6 Å². The number of hydrogen-bond acceptors (Lipinski definition) is 3. The summed E-state index contributed by atoms with van der Waals surface area (Å²) in [5.74, 6) is 0.0914. The molecule has 88 valence electrons. The zero-order valence-corrected chi connectivity index (χ0v) is 9.98. The normalized spacial score (nSPS) is 9.56. The minimum Gasteiger partial charge on any atom is -0.307 e. The SMILES string of the molecule is N#Cc1cccc(C(=O)Nc2ccc(Cl)cn2)c1. The van der Waals surface area contributed by atoms with Crippen molar-refractivity contribution in [2.75, 3.05) is 5.32 Å². The predicted molar refractivity (Wildman–Crippen MR) is 68.4 cm³/mol. The van der Waals surface area contributed by atoms with E-state index in [4.69, 9.17) is 16.9 Å². The molecule has 1 aromatic carbocycles. The molecule has 0 saturated heterocycles. The number of benzene rings is 1. The molecule has 0 unspecified atom stereocenters. The van der Waals surface area contributed by atoms with Gasteiger partial charge in [-0.1, -0.05) is 17.7 Å². The van der Waals surface area contributed by atoms with Crippen LogP contribution in [0, 0.1) is 11.3 Å². The number of nitrogens with one attached hydrogen (secondary N) is 1. The van der Waals surface area contributed by atoms with Crippen LogP contribution in [0.5, 0.6) is 0 Å². The largest absolute Gasteiger partial charge is 0.307 e. The van der Waals surface area contributed by atoms with E-state index in [1.165, 1.54) is 12.3 Å². The summed E-state index contributed by atoms with van der Waals surface area (Å²) in [6.45, 7) is 0. The Morgan fingerprint density at radius 1 is 1.33 bits per heavy atom. The second kappa shape index (κ2) is 5.30. The molecule has 5 heteroatoms. The van der Waals surface area contributed by atoms with Gasteiger partial charge in [0.05, 0.1) is 16.7 Å². The van der Waals surface area contributed by atoms with E-state index in [9.17, 15) is 4.79 Å². The van der Waals surface area contributed by atoms with Crippen molar-refractivity contribution >= 4 is 23.3 Å². The molecule has 0 bridgehead atoms. The van der Waals surface area contributed by atoms with Gasteiger partial charge < -0.3 is 5.32 Å². The first kappa shape index (κ1) is 12.1. The zero-order chi connectivity index (χ0) is 13.0. The number of halogens is 1. The van der Waals surface area contributed by atoms with Crippen molar-refractivity contribution in [3.05, 3.63) is 58.7 Å². The fraction of sp³-hybridized carbons (Fsp3) is 0. The summed E-state index contributed by atoms with van der Waals surface area (Å²) in [7, 11) is 0. The van der Waals surface area contributed by atoms with Gasteiger partial charge in [-0.2, -0.15) is 5.26 Å². The van der Waals surface area contributed by atoms with Gasteiger partial charge in [0.25, 0.3) is 5.91 Å². The molecular weight excluding hydrogens is 250 g/mol. The second-order valence-corrected chi connectivity index (χ2v) is 3.94. The van der Waals surface area contributed by atoms with Crippen molar-refractivity contribution < 1.29 is 4.79 Å². The van der Waals surface area contributed by atoms with Crippen LogP contribution in [0.2, 0.25) is 5.02 Å². The summed E-state index contributed by atoms with van der Waals surface area (Å²) >= 11 is 5.69. The highest BCUT2D eigenvalue weighted by atomic mass is 35.5. The molecule has 0 radical (unpaired) electrons. The Hall–Kier alpha value is -2.38. The number of carbonyl (C=O) groups is 1. The van der Waals surface area contributed by atoms with Crippen LogP contribution in [0.25, 0.3) is 0 Å². The summed E-state index contributed by atoms with van der Waals surface area (Å²) in [6, 6.07) is 11.7. The number of nitrogens with zero attached hydrogens (tertiary/aromatic N) is 2. The Bertz CT molecular complexity index is 617. The van der Waals surface area contributed by atoms with Gasteiger partial charge in [-0.05, 0) is 30.3 Å². The van der Waals surface area contributed by atoms with Crippen molar-refractivity contribution in [1.29, 1.82) is 5.26 Å². The molecule has 0 fully saturated rings. The Morgan fingerprint density at radius 2 is 2.17 bits per heavy atom. The van der Waals surface area contributed by atoms with Gasteiger partial charge >= 0.3 is 0 Å². The number of nitriles is 1. The van der Waals surface area contributed by atoms with Crippen molar-refractivity contribution in [3.8, 4) is 6.07 Å². The third kappa shape index (κ3) is 2.84. The average Bonchev–Trinajstić information content (AvgIpc) is 2.41. The number of rotatable bonds is 2. The average molecular weight is 258 g/mol. The standard InChI is InChI=1S/C13H8ClN3O/c14-11-4-5-12(16-8-11)17-13(18)10-3-1-2-9(6-10)7-15/h1-6,8H,(H,16,17,18). The first-order chi connectivity index (χ1) is 8.69. The van der Waals surface area contributed by atoms with Crippen molar-refractivity contribution in [1.82, 2.24) is 4.98 Å². The Kier molecular flexibility index (Phi) is 3.56. The van der Waals surface area contributed by atoms with Gasteiger partial charge in [0, 0.05) is 11.8 Å². The van der Waals surface area contributed by atoms with Crippen LogP contribution in [-0.2, 0) is 0 Å². The number of carbonyl (C=O) groups excluding carboxylic acids is 1. The van der Waals surface area contributed by atoms with Gasteiger partial charge in [0.1, 0.15) is 5.82 Å². The third-order valence-corrected chi connectivity index (χ3v) is 2.45. The fourth-order valence-electron chi connectivity index (χ4n) is 1.37. The number of amides is 1. The van der Waals surface area contributed by atoms with Gasteiger partial charge in [0.15, 0.2) is 0 Å². The highest BCUT2D eigenvalue weighted by molar-refractivity contribution is 6.30. The minimum absolute atomic E-state index is 0.318. The van der Waals surface area contributed by atoms with E-state index in [1.54, 1.807) is 30.3 Å². The van der Waals surface area contributed by atoms with Crippen LogP contribution in [0.1, 0.15) is 15.9 Å². The van der Waals surface area contributed by atoms with Crippen molar-refractivity contribution in [2.45, 2.75) is 0 Å². The minimum atomic E-state index is -0.318. The lowest BCUT2D eigenvalue weighted by Crippen LogP contribution is -2.12. The predicted octanol–water partition coefficient (Wildman–Crippen LogP) is 2.86. The summed E-state index contributed by atoms with van der Waals surface area (Å²) in [6.07, 6.45) is 1.45. The van der Waals surface area contributed by atoms with E-state index in [2.05, 4.69) is 10.3 Å². The molecule has 2 rings (SSSR count). The molecule has 0 spiro atoms. The Morgan fingerprint density at radius 3 is 2.83 bits per heavy atom. The fourth-order valence-corrected chi connectivity index (χ4v) is 1.48. The maximum absolute atomic E-state index is 11.9. The molecule has 2 aromatic rings. The number of aromatic nitrogens is 1. The molecule has 1 heterocycles. The number of anilines is 1. The van der Waals surface area contributed by atoms with Crippen molar-refractivity contribution in [2.24, 2.45) is 0 Å². The topological polar surface area (TPSA) is 65.8 Å². The lowest BCUT2D eigenvalue weighted by atomic mass is 10.1. The summed E-state index contributed by atoms with van der Waals surface area (Å²) in [5, 5.41) is 11.9. The molecule has 0 atom stereocenters. The zero-order valence-electron chi connectivity index (χ0n) is 9.22. The summed E-state index contributed by atoms with van der Waals surface area (Å²) < 4.78 is 0. The maximum atomic E-state index is 11.9. The maximum Gasteiger partial charge on any atom is 0.256 e. The van der Waals surface area contributed by atoms with Gasteiger partial charge in [0.2, 0.25) is 0 Å². The van der Waals surface area contributed by atoms with E-state index in [0.717, 1.165) is 0 Å². The molecule has 1 amide bonds. The molecule has 0 aliphatic heterocycles. The summed E-state index contributed by atoms with van der Waals surface area (Å²) in [4.78, 5) is 15.8. The lowest BCUT2D eigenvalue weighted by Gasteiger charge is -2.04. The molecule has 0 aliphatic rings. The summed E-state index contributed by atoms with van der Waals surface area (Å²) in [5.41, 5.74) is 0.845. The second-order valence-electron chi connectivity index (χ2n) is 3.51. The van der Waals surface area contributed by atoms with E-state index in [-0.39, 0.29) is 5.91 Å². The highest BCUT2D eigenvalue weighted by Crippen LogP contribution is 2.11. The Labute approximate surface area is 109 Å². The molecular formula is C13H8ClN3O. The van der Waals surface area contributed by atoms with E-state index >= 15 is 0 Å². The van der Waals surface area contributed by atoms with Crippen LogP contribution in [-0.4, -0.2) is 10.9 Å². The molecule has 4 nitrogen and oxygen atoms in total. The Balaban J connectivity index is 2.17. The van der Waals surface area contributed by atoms with Crippen LogP contribution < -0.4 is 5.32 Å². The quantitative estimate of drug-likeness (QED) is 0.900. The van der Waals surface area contributed by atoms with Crippen LogP contribution in [0.3, 0.4) is 0 Å². The first-order valence-electron chi connectivity index (χ1n) is 5.12. The number of hydrogen-bond donors (Lipinski definition) is 1. The van der Waals surface area contributed by atoms with E-state index in [0.29, 0.717) is 22.0 Å². The molecule has 18 heavy (non-hydrogen) atoms. The molecule has 0 aliphatic carbocycles. The molecule has 1 aromatic heterocycles. The monoisotopic (exact) mass is 257 g/mol. The van der Waals surface area contributed by atoms with Gasteiger partial charge in [-0.15, -0.1) is 0 Å². The molecule has 0 saturated carbocycles. The van der Waals surface area contributed by atoms with E-state index in [1.807, 2.05) is 6.07 Å². The number of pyridine rings is 1. The van der Waals surface area contributed by atoms with Crippen LogP contribution in [0.15, 0.2) is 42.6 Å². The third-order valence-electron chi connectivity index (χ3n) is 2.22. The van der Waals surface area contributed by atoms with Crippen molar-refractivity contribution in [3.63, 3.8) is 0 Å².